The maximum Gasteiger partial charge on any atom is 0.227 e. The monoisotopic (exact) mass is 380 g/mol. The number of benzene rings is 1. The number of aliphatic hydroxyl groups excluding tert-OH is 1. The molecule has 1 N–H and O–H groups in total. The van der Waals surface area contributed by atoms with Crippen LogP contribution in [0, 0.1) is 0 Å². The quantitative estimate of drug-likeness (QED) is 0.872. The number of hydrogen-bond acceptors (Lipinski definition) is 3. The molecule has 130 valence electrons. The summed E-state index contributed by atoms with van der Waals surface area (Å²) in [5.41, 5.74) is 0.836. The van der Waals surface area contributed by atoms with Crippen LogP contribution < -0.4 is 0 Å². The smallest absolute Gasteiger partial charge is 0.227 e. The Kier molecular flexibility index (Phi) is 8.11. The first-order chi connectivity index (χ1) is 10.4. The molecule has 7 heteroatoms. The SMILES string of the molecule is CN(C)CC1C(O)CCCN1C(=O)Cc1ccc(Cl)c(Cl)c1.Cl. The Bertz CT molecular complexity index is 540. The molecule has 1 aliphatic heterocycles. The molecule has 2 atom stereocenters. The molecule has 2 unspecified atom stereocenters. The van der Waals surface area contributed by atoms with Crippen molar-refractivity contribution >= 4 is 41.5 Å². The van der Waals surface area contributed by atoms with Crippen LogP contribution in [0.3, 0.4) is 0 Å². The third-order valence-electron chi connectivity index (χ3n) is 3.96. The fourth-order valence-corrected chi connectivity index (χ4v) is 3.19. The number of amides is 1. The lowest BCUT2D eigenvalue weighted by Gasteiger charge is -2.40. The van der Waals surface area contributed by atoms with E-state index in [9.17, 15) is 9.90 Å². The number of halogens is 3. The number of carbonyl (C=O) groups excluding carboxylic acids is 1. The van der Waals surface area contributed by atoms with Crippen molar-refractivity contribution in [3.8, 4) is 0 Å². The van der Waals surface area contributed by atoms with Crippen molar-refractivity contribution < 1.29 is 9.90 Å². The lowest BCUT2D eigenvalue weighted by atomic mass is 9.97. The number of nitrogens with zero attached hydrogens (tertiary/aromatic N) is 2. The van der Waals surface area contributed by atoms with Crippen molar-refractivity contribution in [3.05, 3.63) is 33.8 Å². The van der Waals surface area contributed by atoms with Gasteiger partial charge in [-0.05, 0) is 44.6 Å². The van der Waals surface area contributed by atoms with Gasteiger partial charge in [-0.25, -0.2) is 0 Å². The molecule has 1 aliphatic rings. The lowest BCUT2D eigenvalue weighted by Crippen LogP contribution is -2.55. The van der Waals surface area contributed by atoms with Crippen molar-refractivity contribution in [1.29, 1.82) is 0 Å². The molecule has 1 heterocycles. The van der Waals surface area contributed by atoms with E-state index in [1.54, 1.807) is 17.0 Å². The van der Waals surface area contributed by atoms with Crippen LogP contribution in [0.1, 0.15) is 18.4 Å². The molecular formula is C16H23Cl3N2O2. The van der Waals surface area contributed by atoms with Crippen LogP contribution in [0.2, 0.25) is 10.0 Å². The minimum atomic E-state index is -0.464. The fourth-order valence-electron chi connectivity index (χ4n) is 2.87. The van der Waals surface area contributed by atoms with E-state index in [0.717, 1.165) is 18.4 Å². The zero-order valence-electron chi connectivity index (χ0n) is 13.3. The largest absolute Gasteiger partial charge is 0.391 e. The zero-order chi connectivity index (χ0) is 16.3. The Balaban J connectivity index is 0.00000264. The fraction of sp³-hybridized carbons (Fsp3) is 0.562. The summed E-state index contributed by atoms with van der Waals surface area (Å²) >= 11 is 11.9. The molecular weight excluding hydrogens is 359 g/mol. The van der Waals surface area contributed by atoms with Gasteiger partial charge in [0.1, 0.15) is 0 Å². The second kappa shape index (κ2) is 9.09. The molecule has 1 amide bonds. The van der Waals surface area contributed by atoms with E-state index in [1.807, 2.05) is 25.1 Å². The number of aliphatic hydroxyl groups is 1. The number of piperidine rings is 1. The molecule has 0 radical (unpaired) electrons. The van der Waals surface area contributed by atoms with E-state index >= 15 is 0 Å². The molecule has 1 fully saturated rings. The zero-order valence-corrected chi connectivity index (χ0v) is 15.7. The maximum absolute atomic E-state index is 12.6. The summed E-state index contributed by atoms with van der Waals surface area (Å²) in [4.78, 5) is 16.4. The predicted molar refractivity (Wildman–Crippen MR) is 96.7 cm³/mol. The van der Waals surface area contributed by atoms with Crippen molar-refractivity contribution in [2.75, 3.05) is 27.2 Å². The topological polar surface area (TPSA) is 43.8 Å². The molecule has 0 aliphatic carbocycles. The highest BCUT2D eigenvalue weighted by molar-refractivity contribution is 6.42. The van der Waals surface area contributed by atoms with Crippen LogP contribution >= 0.6 is 35.6 Å². The first kappa shape index (κ1) is 20.5. The van der Waals surface area contributed by atoms with Gasteiger partial charge in [0.2, 0.25) is 5.91 Å². The molecule has 1 aromatic rings. The minimum absolute atomic E-state index is 0. The highest BCUT2D eigenvalue weighted by atomic mass is 35.5. The minimum Gasteiger partial charge on any atom is -0.391 e. The van der Waals surface area contributed by atoms with E-state index in [2.05, 4.69) is 0 Å². The van der Waals surface area contributed by atoms with Crippen molar-refractivity contribution in [2.24, 2.45) is 0 Å². The van der Waals surface area contributed by atoms with Crippen LogP contribution in [-0.2, 0) is 11.2 Å². The van der Waals surface area contributed by atoms with Crippen molar-refractivity contribution in [2.45, 2.75) is 31.4 Å². The van der Waals surface area contributed by atoms with Crippen LogP contribution in [0.25, 0.3) is 0 Å². The number of carbonyl (C=O) groups is 1. The van der Waals surface area contributed by atoms with Gasteiger partial charge < -0.3 is 14.9 Å². The third kappa shape index (κ3) is 5.50. The summed E-state index contributed by atoms with van der Waals surface area (Å²) < 4.78 is 0. The maximum atomic E-state index is 12.6. The predicted octanol–water partition coefficient (Wildman–Crippen LogP) is 2.87. The molecule has 0 saturated carbocycles. The Morgan fingerprint density at radius 3 is 2.65 bits per heavy atom. The van der Waals surface area contributed by atoms with E-state index in [0.29, 0.717) is 23.1 Å². The van der Waals surface area contributed by atoms with Crippen LogP contribution in [0.4, 0.5) is 0 Å². The van der Waals surface area contributed by atoms with E-state index in [-0.39, 0.29) is 30.8 Å². The standard InChI is InChI=1S/C16H22Cl2N2O2.ClH/c1-19(2)10-14-15(21)4-3-7-20(14)16(22)9-11-5-6-12(17)13(18)8-11;/h5-6,8,14-15,21H,3-4,7,9-10H2,1-2H3;1H. The van der Waals surface area contributed by atoms with E-state index in [1.165, 1.54) is 0 Å². The van der Waals surface area contributed by atoms with Crippen LogP contribution in [-0.4, -0.2) is 60.1 Å². The Labute approximate surface area is 153 Å². The average molecular weight is 382 g/mol. The number of rotatable bonds is 4. The van der Waals surface area contributed by atoms with Gasteiger partial charge in [-0.1, -0.05) is 29.3 Å². The Hall–Kier alpha value is -0.520. The van der Waals surface area contributed by atoms with Gasteiger partial charge in [-0.3, -0.25) is 4.79 Å². The van der Waals surface area contributed by atoms with Gasteiger partial charge in [-0.2, -0.15) is 0 Å². The van der Waals surface area contributed by atoms with Crippen LogP contribution in [0.5, 0.6) is 0 Å². The van der Waals surface area contributed by atoms with Crippen molar-refractivity contribution in [3.63, 3.8) is 0 Å². The van der Waals surface area contributed by atoms with Gasteiger partial charge in [0.05, 0.1) is 28.6 Å². The molecule has 23 heavy (non-hydrogen) atoms. The molecule has 0 bridgehead atoms. The van der Waals surface area contributed by atoms with Crippen LogP contribution in [0.15, 0.2) is 18.2 Å². The second-order valence-electron chi connectivity index (χ2n) is 6.05. The molecule has 0 aromatic heterocycles. The summed E-state index contributed by atoms with van der Waals surface area (Å²) in [6, 6.07) is 5.09. The van der Waals surface area contributed by atoms with Gasteiger partial charge in [0.25, 0.3) is 0 Å². The van der Waals surface area contributed by atoms with Gasteiger partial charge >= 0.3 is 0 Å². The Morgan fingerprint density at radius 1 is 1.35 bits per heavy atom. The Morgan fingerprint density at radius 2 is 2.04 bits per heavy atom. The second-order valence-corrected chi connectivity index (χ2v) is 6.87. The van der Waals surface area contributed by atoms with Crippen molar-refractivity contribution in [1.82, 2.24) is 9.80 Å². The molecule has 0 spiro atoms. The highest BCUT2D eigenvalue weighted by Gasteiger charge is 2.33. The van der Waals surface area contributed by atoms with Gasteiger partial charge in [-0.15, -0.1) is 12.4 Å². The number of hydrogen-bond donors (Lipinski definition) is 1. The normalized spacial score (nSPS) is 21.2. The molecule has 4 nitrogen and oxygen atoms in total. The summed E-state index contributed by atoms with van der Waals surface area (Å²) in [7, 11) is 3.89. The molecule has 1 saturated heterocycles. The van der Waals surface area contributed by atoms with E-state index < -0.39 is 6.10 Å². The third-order valence-corrected chi connectivity index (χ3v) is 4.69. The van der Waals surface area contributed by atoms with Gasteiger partial charge in [0, 0.05) is 13.1 Å². The van der Waals surface area contributed by atoms with Gasteiger partial charge in [0.15, 0.2) is 0 Å². The highest BCUT2D eigenvalue weighted by Crippen LogP contribution is 2.24. The first-order valence-corrected chi connectivity index (χ1v) is 8.20. The molecule has 1 aromatic carbocycles. The summed E-state index contributed by atoms with van der Waals surface area (Å²) in [6.45, 7) is 1.35. The number of likely N-dealkylation sites (N-methyl/N-ethyl adjacent to an activating group) is 1. The summed E-state index contributed by atoms with van der Waals surface area (Å²) in [5.74, 6) is 0.0176. The molecule has 2 rings (SSSR count). The first-order valence-electron chi connectivity index (χ1n) is 7.44. The summed E-state index contributed by atoms with van der Waals surface area (Å²) in [5, 5.41) is 11.2. The average Bonchev–Trinajstić information content (AvgIpc) is 2.44. The lowest BCUT2D eigenvalue weighted by molar-refractivity contribution is -0.138. The number of likely N-dealkylation sites (tertiary alicyclic amines) is 1. The van der Waals surface area contributed by atoms with E-state index in [4.69, 9.17) is 23.2 Å². The summed E-state index contributed by atoms with van der Waals surface area (Å²) in [6.07, 6.45) is 1.38.